The van der Waals surface area contributed by atoms with Crippen LogP contribution in [0.5, 0.6) is 0 Å². The van der Waals surface area contributed by atoms with Crippen molar-refractivity contribution in [3.63, 3.8) is 0 Å². The molecule has 1 aromatic carbocycles. The Bertz CT molecular complexity index is 657. The third kappa shape index (κ3) is 1.84. The van der Waals surface area contributed by atoms with E-state index in [4.69, 9.17) is 21.2 Å². The average molecular weight is 324 g/mol. The molecule has 0 saturated carbocycles. The Kier molecular flexibility index (Phi) is 3.07. The highest BCUT2D eigenvalue weighted by Crippen LogP contribution is 2.45. The summed E-state index contributed by atoms with van der Waals surface area (Å²) < 4.78 is 19.2. The van der Waals surface area contributed by atoms with E-state index < -0.39 is 29.5 Å². The third-order valence-corrected chi connectivity index (χ3v) is 4.62. The zero-order valence-electron chi connectivity index (χ0n) is 11.2. The first-order valence-electron chi connectivity index (χ1n) is 6.85. The second kappa shape index (κ2) is 4.87. The van der Waals surface area contributed by atoms with Gasteiger partial charge in [0.1, 0.15) is 12.4 Å². The zero-order valence-corrected chi connectivity index (χ0v) is 12.0. The summed E-state index contributed by atoms with van der Waals surface area (Å²) in [4.78, 5) is 29.9. The topological polar surface area (TPSA) is 55.8 Å². The monoisotopic (exact) mass is 323 g/mol. The van der Waals surface area contributed by atoms with Gasteiger partial charge in [0.05, 0.1) is 24.0 Å². The van der Waals surface area contributed by atoms with Gasteiger partial charge in [-0.2, -0.15) is 5.06 Å². The summed E-state index contributed by atoms with van der Waals surface area (Å²) in [6.45, 7) is -0.286. The molecule has 22 heavy (non-hydrogen) atoms. The highest BCUT2D eigenvalue weighted by atomic mass is 35.5. The summed E-state index contributed by atoms with van der Waals surface area (Å²) in [5.41, 5.74) is 0.110. The quantitative estimate of drug-likeness (QED) is 0.629. The molecular weight excluding hydrogens is 313 g/mol. The van der Waals surface area contributed by atoms with Crippen molar-refractivity contribution in [2.75, 3.05) is 0 Å². The van der Waals surface area contributed by atoms with Crippen molar-refractivity contribution < 1.29 is 23.6 Å². The second-order valence-corrected chi connectivity index (χ2v) is 5.85. The molecule has 0 radical (unpaired) electrons. The number of benzene rings is 1. The standard InChI is InChI=1S/C15H11ClFNO4/c16-8-2-1-3-9(17)7(8)6-21-18-14(19)12-10-4-5-11(22-10)13(12)15(18)20/h1-5,10-13H,6H2/t10-,11-,12-,13-/m0/s1. The van der Waals surface area contributed by atoms with Crippen LogP contribution in [0.2, 0.25) is 5.02 Å². The number of fused-ring (bicyclic) bond motifs is 5. The summed E-state index contributed by atoms with van der Waals surface area (Å²) in [5, 5.41) is 0.914. The number of ether oxygens (including phenoxy) is 1. The van der Waals surface area contributed by atoms with Gasteiger partial charge in [-0.1, -0.05) is 29.8 Å². The lowest BCUT2D eigenvalue weighted by Crippen LogP contribution is -2.34. The van der Waals surface area contributed by atoms with Gasteiger partial charge in [-0.05, 0) is 12.1 Å². The number of halogens is 2. The Morgan fingerprint density at radius 3 is 2.41 bits per heavy atom. The lowest BCUT2D eigenvalue weighted by atomic mass is 9.85. The smallest absolute Gasteiger partial charge is 0.260 e. The molecule has 3 aliphatic heterocycles. The molecule has 2 amide bonds. The summed E-state index contributed by atoms with van der Waals surface area (Å²) in [7, 11) is 0. The molecule has 0 aliphatic carbocycles. The Morgan fingerprint density at radius 2 is 1.82 bits per heavy atom. The average Bonchev–Trinajstić information content (AvgIpc) is 3.15. The summed E-state index contributed by atoms with van der Waals surface area (Å²) in [6, 6.07) is 4.23. The lowest BCUT2D eigenvalue weighted by molar-refractivity contribution is -0.195. The highest BCUT2D eigenvalue weighted by molar-refractivity contribution is 6.31. The van der Waals surface area contributed by atoms with Crippen molar-refractivity contribution in [3.05, 3.63) is 46.8 Å². The highest BCUT2D eigenvalue weighted by Gasteiger charge is 2.61. The molecule has 114 valence electrons. The Morgan fingerprint density at radius 1 is 1.18 bits per heavy atom. The van der Waals surface area contributed by atoms with E-state index >= 15 is 0 Å². The molecule has 5 nitrogen and oxygen atoms in total. The van der Waals surface area contributed by atoms with Gasteiger partial charge in [-0.25, -0.2) is 4.39 Å². The number of hydrogen-bond donors (Lipinski definition) is 0. The molecule has 2 fully saturated rings. The molecule has 0 spiro atoms. The number of nitrogens with zero attached hydrogens (tertiary/aromatic N) is 1. The van der Waals surface area contributed by atoms with Crippen molar-refractivity contribution in [2.45, 2.75) is 18.8 Å². The van der Waals surface area contributed by atoms with Crippen LogP contribution in [-0.2, 0) is 25.8 Å². The Hall–Kier alpha value is -1.76. The van der Waals surface area contributed by atoms with Crippen LogP contribution in [0, 0.1) is 17.7 Å². The fourth-order valence-electron chi connectivity index (χ4n) is 3.20. The normalized spacial score (nSPS) is 32.2. The summed E-state index contributed by atoms with van der Waals surface area (Å²) in [6.07, 6.45) is 2.82. The van der Waals surface area contributed by atoms with E-state index in [1.165, 1.54) is 18.2 Å². The number of amides is 2. The van der Waals surface area contributed by atoms with Gasteiger partial charge < -0.3 is 4.74 Å². The molecule has 0 N–H and O–H groups in total. The maximum Gasteiger partial charge on any atom is 0.260 e. The first-order valence-corrected chi connectivity index (χ1v) is 7.23. The van der Waals surface area contributed by atoms with Crippen molar-refractivity contribution in [1.82, 2.24) is 5.06 Å². The molecule has 0 unspecified atom stereocenters. The molecule has 3 heterocycles. The minimum absolute atomic E-state index is 0.110. The maximum absolute atomic E-state index is 13.7. The molecule has 2 bridgehead atoms. The van der Waals surface area contributed by atoms with E-state index in [1.54, 1.807) is 12.2 Å². The van der Waals surface area contributed by atoms with Crippen molar-refractivity contribution in [3.8, 4) is 0 Å². The SMILES string of the molecule is O=C1[C@@H]2[C@@H](C(=O)N1OCc1c(F)cccc1Cl)[C@@H]1C=C[C@@H]2O1. The van der Waals surface area contributed by atoms with Crippen LogP contribution in [0.15, 0.2) is 30.4 Å². The first kappa shape index (κ1) is 13.9. The fourth-order valence-corrected chi connectivity index (χ4v) is 3.42. The van der Waals surface area contributed by atoms with Gasteiger partial charge in [0.15, 0.2) is 0 Å². The Balaban J connectivity index is 1.53. The van der Waals surface area contributed by atoms with Gasteiger partial charge in [0, 0.05) is 10.6 Å². The van der Waals surface area contributed by atoms with E-state index in [0.717, 1.165) is 5.06 Å². The fraction of sp³-hybridized carbons (Fsp3) is 0.333. The number of carbonyl (C=O) groups is 2. The predicted molar refractivity (Wildman–Crippen MR) is 72.8 cm³/mol. The number of imide groups is 1. The largest absolute Gasteiger partial charge is 0.365 e. The van der Waals surface area contributed by atoms with E-state index in [1.807, 2.05) is 0 Å². The van der Waals surface area contributed by atoms with Crippen LogP contribution >= 0.6 is 11.6 Å². The minimum Gasteiger partial charge on any atom is -0.365 e. The number of rotatable bonds is 3. The zero-order chi connectivity index (χ0) is 15.4. The lowest BCUT2D eigenvalue weighted by Gasteiger charge is -2.17. The van der Waals surface area contributed by atoms with E-state index in [-0.39, 0.29) is 29.4 Å². The van der Waals surface area contributed by atoms with Gasteiger partial charge in [-0.15, -0.1) is 0 Å². The molecule has 0 aromatic heterocycles. The molecule has 2 saturated heterocycles. The first-order chi connectivity index (χ1) is 10.6. The summed E-state index contributed by atoms with van der Waals surface area (Å²) in [5.74, 6) is -2.52. The molecule has 7 heteroatoms. The van der Waals surface area contributed by atoms with Crippen molar-refractivity contribution >= 4 is 23.4 Å². The maximum atomic E-state index is 13.7. The van der Waals surface area contributed by atoms with Crippen LogP contribution in [0.3, 0.4) is 0 Å². The Labute approximate surface area is 130 Å². The molecule has 4 rings (SSSR count). The van der Waals surface area contributed by atoms with Crippen LogP contribution < -0.4 is 0 Å². The van der Waals surface area contributed by atoms with Crippen molar-refractivity contribution in [2.24, 2.45) is 11.8 Å². The van der Waals surface area contributed by atoms with Gasteiger partial charge in [0.2, 0.25) is 0 Å². The van der Waals surface area contributed by atoms with E-state index in [2.05, 4.69) is 0 Å². The predicted octanol–water partition coefficient (Wildman–Crippen LogP) is 1.85. The minimum atomic E-state index is -0.545. The number of hydroxylamine groups is 2. The van der Waals surface area contributed by atoms with Crippen LogP contribution in [0.25, 0.3) is 0 Å². The third-order valence-electron chi connectivity index (χ3n) is 4.27. The van der Waals surface area contributed by atoms with E-state index in [9.17, 15) is 14.0 Å². The molecular formula is C15H11ClFNO4. The van der Waals surface area contributed by atoms with Crippen LogP contribution in [0.4, 0.5) is 4.39 Å². The van der Waals surface area contributed by atoms with Crippen LogP contribution in [0.1, 0.15) is 5.56 Å². The van der Waals surface area contributed by atoms with Gasteiger partial charge in [-0.3, -0.25) is 14.4 Å². The molecule has 4 atom stereocenters. The van der Waals surface area contributed by atoms with Crippen LogP contribution in [-0.4, -0.2) is 29.1 Å². The number of carbonyl (C=O) groups excluding carboxylic acids is 2. The summed E-state index contributed by atoms with van der Waals surface area (Å²) >= 11 is 5.90. The molecule has 3 aliphatic rings. The number of hydrogen-bond acceptors (Lipinski definition) is 4. The van der Waals surface area contributed by atoms with Gasteiger partial charge >= 0.3 is 0 Å². The molecule has 1 aromatic rings. The second-order valence-electron chi connectivity index (χ2n) is 5.45. The van der Waals surface area contributed by atoms with E-state index in [0.29, 0.717) is 0 Å². The van der Waals surface area contributed by atoms with Gasteiger partial charge in [0.25, 0.3) is 11.8 Å². The van der Waals surface area contributed by atoms with Crippen molar-refractivity contribution in [1.29, 1.82) is 0 Å².